The van der Waals surface area contributed by atoms with Gasteiger partial charge in [-0.3, -0.25) is 0 Å². The quantitative estimate of drug-likeness (QED) is 0.249. The van der Waals surface area contributed by atoms with Crippen molar-refractivity contribution in [2.24, 2.45) is 0 Å². The number of nitrogens with zero attached hydrogens (tertiary/aromatic N) is 2. The van der Waals surface area contributed by atoms with E-state index in [-0.39, 0.29) is 25.6 Å². The van der Waals surface area contributed by atoms with Crippen molar-refractivity contribution < 1.29 is 38.3 Å². The molecule has 2 heterocycles. The minimum Gasteiger partial charge on any atom is -0.497 e. The van der Waals surface area contributed by atoms with Gasteiger partial charge in [0.2, 0.25) is 6.79 Å². The van der Waals surface area contributed by atoms with Crippen LogP contribution in [0.1, 0.15) is 31.2 Å². The van der Waals surface area contributed by atoms with Crippen molar-refractivity contribution in [2.75, 3.05) is 34.9 Å². The number of aliphatic carboxylic acids is 1. The number of rotatable bonds is 13. The Morgan fingerprint density at radius 1 is 1.11 bits per heavy atom. The number of methoxy groups -OCH3 is 3. The maximum absolute atomic E-state index is 12.3. The van der Waals surface area contributed by atoms with Crippen LogP contribution in [0, 0.1) is 0 Å². The predicted octanol–water partition coefficient (Wildman–Crippen LogP) is 4.79. The van der Waals surface area contributed by atoms with Crippen LogP contribution >= 0.6 is 0 Å². The van der Waals surface area contributed by atoms with Gasteiger partial charge in [0.15, 0.2) is 18.3 Å². The van der Waals surface area contributed by atoms with Crippen molar-refractivity contribution in [3.05, 3.63) is 53.5 Å². The molecule has 0 unspecified atom stereocenters. The first-order valence-corrected chi connectivity index (χ1v) is 12.2. The molecular formula is C28H32N2O8. The van der Waals surface area contributed by atoms with E-state index in [0.717, 1.165) is 24.1 Å². The first-order chi connectivity index (χ1) is 18.5. The SMILES string of the molecule is CCCCn1c(-c2ccc(OC)cc2OCOC)cnc1/C=C(\Cc1cc2c(cc1OC)OCO2)C(=O)O. The number of aromatic nitrogens is 2. The number of carboxylic acid groups (broad SMARTS) is 1. The van der Waals surface area contributed by atoms with Crippen molar-refractivity contribution in [3.63, 3.8) is 0 Å². The molecule has 0 atom stereocenters. The molecule has 2 aromatic carbocycles. The third-order valence-corrected chi connectivity index (χ3v) is 6.15. The molecule has 202 valence electrons. The van der Waals surface area contributed by atoms with E-state index in [4.69, 9.17) is 28.4 Å². The van der Waals surface area contributed by atoms with Gasteiger partial charge in [0.1, 0.15) is 23.1 Å². The van der Waals surface area contributed by atoms with Crippen LogP contribution in [0.3, 0.4) is 0 Å². The van der Waals surface area contributed by atoms with Gasteiger partial charge in [0.05, 0.1) is 26.1 Å². The van der Waals surface area contributed by atoms with Gasteiger partial charge in [-0.25, -0.2) is 9.78 Å². The monoisotopic (exact) mass is 524 g/mol. The highest BCUT2D eigenvalue weighted by atomic mass is 16.7. The topological polar surface area (TPSA) is 111 Å². The van der Waals surface area contributed by atoms with Crippen molar-refractivity contribution in [3.8, 4) is 40.0 Å². The third kappa shape index (κ3) is 5.86. The number of carbonyl (C=O) groups is 1. The molecule has 10 nitrogen and oxygen atoms in total. The standard InChI is InChI=1S/C28H32N2O8/c1-5-6-9-30-22(21-8-7-20(34-3)13-24(21)36-16-33-2)15-29-27(30)12-19(28(31)32)10-18-11-25-26(38-17-37-25)14-23(18)35-4/h7-8,11-15H,5-6,9-10,16-17H2,1-4H3,(H,31,32)/b19-12+. The number of imidazole rings is 1. The van der Waals surface area contributed by atoms with Crippen molar-refractivity contribution in [1.82, 2.24) is 9.55 Å². The zero-order valence-electron chi connectivity index (χ0n) is 22.0. The highest BCUT2D eigenvalue weighted by Gasteiger charge is 2.22. The van der Waals surface area contributed by atoms with Crippen molar-refractivity contribution in [1.29, 1.82) is 0 Å². The summed E-state index contributed by atoms with van der Waals surface area (Å²) < 4.78 is 34.7. The third-order valence-electron chi connectivity index (χ3n) is 6.15. The molecule has 1 N–H and O–H groups in total. The molecule has 0 saturated heterocycles. The average Bonchev–Trinajstić information content (AvgIpc) is 3.55. The molecule has 0 aliphatic carbocycles. The second-order valence-electron chi connectivity index (χ2n) is 8.59. The second-order valence-corrected chi connectivity index (χ2v) is 8.59. The highest BCUT2D eigenvalue weighted by Crippen LogP contribution is 2.39. The van der Waals surface area contributed by atoms with Crippen LogP contribution in [-0.4, -0.2) is 55.5 Å². The summed E-state index contributed by atoms with van der Waals surface area (Å²) in [7, 11) is 4.68. The van der Waals surface area contributed by atoms with E-state index in [1.807, 2.05) is 16.7 Å². The first-order valence-electron chi connectivity index (χ1n) is 12.2. The van der Waals surface area contributed by atoms with Crippen molar-refractivity contribution >= 4 is 12.0 Å². The lowest BCUT2D eigenvalue weighted by molar-refractivity contribution is -0.132. The fraction of sp³-hybridized carbons (Fsp3) is 0.357. The normalized spacial score (nSPS) is 12.5. The van der Waals surface area contributed by atoms with Crippen molar-refractivity contribution in [2.45, 2.75) is 32.7 Å². The fourth-order valence-corrected chi connectivity index (χ4v) is 4.20. The average molecular weight is 525 g/mol. The zero-order valence-corrected chi connectivity index (χ0v) is 22.0. The van der Waals surface area contributed by atoms with Gasteiger partial charge in [0.25, 0.3) is 0 Å². The number of unbranched alkanes of at least 4 members (excludes halogenated alkanes) is 1. The lowest BCUT2D eigenvalue weighted by Gasteiger charge is -2.15. The molecule has 0 radical (unpaired) electrons. The molecule has 0 saturated carbocycles. The molecule has 1 aliphatic rings. The predicted molar refractivity (Wildman–Crippen MR) is 140 cm³/mol. The minimum absolute atomic E-state index is 0.0660. The van der Waals surface area contributed by atoms with E-state index in [9.17, 15) is 9.90 Å². The van der Waals surface area contributed by atoms with Crippen LogP contribution in [0.5, 0.6) is 28.7 Å². The van der Waals surface area contributed by atoms with Gasteiger partial charge in [-0.2, -0.15) is 0 Å². The Bertz CT molecular complexity index is 1310. The van der Waals surface area contributed by atoms with Crippen LogP contribution in [0.25, 0.3) is 17.3 Å². The molecule has 4 rings (SSSR count). The molecular weight excluding hydrogens is 492 g/mol. The Morgan fingerprint density at radius 2 is 1.89 bits per heavy atom. The highest BCUT2D eigenvalue weighted by molar-refractivity contribution is 5.92. The van der Waals surface area contributed by atoms with E-state index >= 15 is 0 Å². The summed E-state index contributed by atoms with van der Waals surface area (Å²) in [5.41, 5.74) is 2.41. The van der Waals surface area contributed by atoms with E-state index in [1.54, 1.807) is 44.7 Å². The van der Waals surface area contributed by atoms with Crippen LogP contribution in [0.4, 0.5) is 0 Å². The number of carboxylic acids is 1. The Morgan fingerprint density at radius 3 is 2.58 bits per heavy atom. The summed E-state index contributed by atoms with van der Waals surface area (Å²) in [6.07, 6.45) is 5.27. The summed E-state index contributed by atoms with van der Waals surface area (Å²) in [4.78, 5) is 16.9. The van der Waals surface area contributed by atoms with Crippen LogP contribution in [-0.2, 0) is 22.5 Å². The molecule has 10 heteroatoms. The number of ether oxygens (including phenoxy) is 6. The van der Waals surface area contributed by atoms with Gasteiger partial charge >= 0.3 is 5.97 Å². The summed E-state index contributed by atoms with van der Waals surface area (Å²) in [5.74, 6) is 2.34. The van der Waals surface area contributed by atoms with E-state index in [0.29, 0.717) is 46.7 Å². The molecule has 38 heavy (non-hydrogen) atoms. The lowest BCUT2D eigenvalue weighted by Crippen LogP contribution is -2.08. The summed E-state index contributed by atoms with van der Waals surface area (Å²) >= 11 is 0. The second kappa shape index (κ2) is 12.4. The van der Waals surface area contributed by atoms with Gasteiger partial charge in [0, 0.05) is 48.9 Å². The largest absolute Gasteiger partial charge is 0.497 e. The summed E-state index contributed by atoms with van der Waals surface area (Å²) in [6.45, 7) is 2.92. The zero-order chi connectivity index (χ0) is 27.1. The number of benzene rings is 2. The molecule has 1 aromatic heterocycles. The maximum Gasteiger partial charge on any atom is 0.332 e. The number of fused-ring (bicyclic) bond motifs is 1. The van der Waals surface area contributed by atoms with Crippen LogP contribution in [0.15, 0.2) is 42.1 Å². The molecule has 0 bridgehead atoms. The molecule has 0 fully saturated rings. The Hall–Kier alpha value is -4.18. The maximum atomic E-state index is 12.3. The molecule has 3 aromatic rings. The number of hydrogen-bond acceptors (Lipinski definition) is 8. The first kappa shape index (κ1) is 26.9. The summed E-state index contributed by atoms with van der Waals surface area (Å²) in [6, 6.07) is 8.99. The van der Waals surface area contributed by atoms with E-state index in [2.05, 4.69) is 11.9 Å². The van der Waals surface area contributed by atoms with Gasteiger partial charge in [-0.1, -0.05) is 13.3 Å². The Labute approximate surface area is 221 Å². The van der Waals surface area contributed by atoms with Gasteiger partial charge < -0.3 is 38.1 Å². The van der Waals surface area contributed by atoms with Gasteiger partial charge in [-0.05, 0) is 30.7 Å². The van der Waals surface area contributed by atoms with Crippen LogP contribution < -0.4 is 23.7 Å². The molecule has 1 aliphatic heterocycles. The van der Waals surface area contributed by atoms with Gasteiger partial charge in [-0.15, -0.1) is 0 Å². The Kier molecular flexibility index (Phi) is 8.75. The fourth-order valence-electron chi connectivity index (χ4n) is 4.20. The Balaban J connectivity index is 1.76. The minimum atomic E-state index is -1.05. The van der Waals surface area contributed by atoms with E-state index in [1.165, 1.54) is 7.11 Å². The molecule has 0 spiro atoms. The lowest BCUT2D eigenvalue weighted by atomic mass is 10.0. The van der Waals surface area contributed by atoms with E-state index < -0.39 is 5.97 Å². The summed E-state index contributed by atoms with van der Waals surface area (Å²) in [5, 5.41) is 10.1. The molecule has 0 amide bonds. The number of hydrogen-bond donors (Lipinski definition) is 1. The van der Waals surface area contributed by atoms with Crippen LogP contribution in [0.2, 0.25) is 0 Å². The smallest absolute Gasteiger partial charge is 0.332 e.